The van der Waals surface area contributed by atoms with Crippen molar-refractivity contribution in [1.29, 1.82) is 0 Å². The first kappa shape index (κ1) is 23.4. The van der Waals surface area contributed by atoms with E-state index in [2.05, 4.69) is 16.0 Å². The van der Waals surface area contributed by atoms with Gasteiger partial charge in [-0.25, -0.2) is 9.18 Å². The minimum atomic E-state index is -0.286. The highest BCUT2D eigenvalue weighted by atomic mass is 35.5. The molecule has 1 saturated heterocycles. The number of urea groups is 1. The third-order valence-corrected chi connectivity index (χ3v) is 5.94. The van der Waals surface area contributed by atoms with Gasteiger partial charge in [-0.05, 0) is 54.7 Å². The maximum atomic E-state index is 13.1. The van der Waals surface area contributed by atoms with Crippen molar-refractivity contribution in [3.8, 4) is 11.5 Å². The summed E-state index contributed by atoms with van der Waals surface area (Å²) in [5.41, 5.74) is 1.83. The number of nitrogens with one attached hydrogen (secondary N) is 3. The Labute approximate surface area is 192 Å². The molecule has 2 aromatic rings. The number of amides is 2. The van der Waals surface area contributed by atoms with Crippen molar-refractivity contribution in [3.05, 3.63) is 58.4 Å². The lowest BCUT2D eigenvalue weighted by Crippen LogP contribution is -2.46. The number of fused-ring (bicyclic) bond motifs is 1. The van der Waals surface area contributed by atoms with E-state index in [1.54, 1.807) is 19.2 Å². The minimum Gasteiger partial charge on any atom is -0.493 e. The average Bonchev–Trinajstić information content (AvgIpc) is 3.11. The summed E-state index contributed by atoms with van der Waals surface area (Å²) in [5.74, 6) is 0.733. The Morgan fingerprint density at radius 3 is 2.61 bits per heavy atom. The van der Waals surface area contributed by atoms with Gasteiger partial charge in [0, 0.05) is 12.6 Å². The molecule has 0 aromatic heterocycles. The third-order valence-electron chi connectivity index (χ3n) is 5.66. The lowest BCUT2D eigenvalue weighted by molar-refractivity contribution is 0.247. The van der Waals surface area contributed by atoms with Crippen molar-refractivity contribution < 1.29 is 18.7 Å². The Bertz CT molecular complexity index is 914. The van der Waals surface area contributed by atoms with Gasteiger partial charge < -0.3 is 25.4 Å². The summed E-state index contributed by atoms with van der Waals surface area (Å²) in [6.45, 7) is 0.899. The number of carbonyl (C=O) groups excluding carboxylic acids is 1. The number of rotatable bonds is 7. The van der Waals surface area contributed by atoms with E-state index in [1.807, 2.05) is 12.1 Å². The molecule has 0 radical (unpaired) electrons. The quantitative estimate of drug-likeness (QED) is 0.568. The molecule has 0 spiro atoms. The number of ether oxygens (including phenoxy) is 2. The van der Waals surface area contributed by atoms with E-state index in [-0.39, 0.29) is 42.9 Å². The third kappa shape index (κ3) is 5.73. The number of hydrogen-bond donors (Lipinski definition) is 3. The van der Waals surface area contributed by atoms with E-state index < -0.39 is 0 Å². The monoisotopic (exact) mass is 469 g/mol. The summed E-state index contributed by atoms with van der Waals surface area (Å²) < 4.78 is 24.4. The lowest BCUT2D eigenvalue weighted by Gasteiger charge is -2.31. The number of hydrogen-bond acceptors (Lipinski definition) is 4. The van der Waals surface area contributed by atoms with Gasteiger partial charge in [0.05, 0.1) is 24.2 Å². The van der Waals surface area contributed by atoms with Crippen LogP contribution < -0.4 is 25.4 Å². The molecule has 6 nitrogen and oxygen atoms in total. The fourth-order valence-electron chi connectivity index (χ4n) is 4.08. The SMILES string of the molecule is COc1cc(CNC2CCC3NC(=O)NC3C2)cc(Cl)c1OCc1ccc(F)cc1.Cl. The maximum Gasteiger partial charge on any atom is 0.315 e. The summed E-state index contributed by atoms with van der Waals surface area (Å²) in [5, 5.41) is 9.96. The highest BCUT2D eigenvalue weighted by Gasteiger charge is 2.36. The molecule has 1 aliphatic heterocycles. The predicted molar refractivity (Wildman–Crippen MR) is 120 cm³/mol. The maximum absolute atomic E-state index is 13.1. The molecule has 1 saturated carbocycles. The van der Waals surface area contributed by atoms with Gasteiger partial charge in [0.25, 0.3) is 0 Å². The zero-order chi connectivity index (χ0) is 21.1. The predicted octanol–water partition coefficient (Wildman–Crippen LogP) is 4.18. The molecule has 0 bridgehead atoms. The largest absolute Gasteiger partial charge is 0.493 e. The van der Waals surface area contributed by atoms with Crippen molar-refractivity contribution in [2.75, 3.05) is 7.11 Å². The van der Waals surface area contributed by atoms with Gasteiger partial charge >= 0.3 is 6.03 Å². The molecular formula is C22H26Cl2FN3O3. The van der Waals surface area contributed by atoms with E-state index in [1.165, 1.54) is 12.1 Å². The molecule has 1 aliphatic carbocycles. The Balaban J connectivity index is 0.00000272. The second kappa shape index (κ2) is 10.4. The van der Waals surface area contributed by atoms with E-state index in [0.29, 0.717) is 29.1 Å². The van der Waals surface area contributed by atoms with Crippen molar-refractivity contribution in [3.63, 3.8) is 0 Å². The highest BCUT2D eigenvalue weighted by molar-refractivity contribution is 6.32. The van der Waals surface area contributed by atoms with Crippen LogP contribution in [0, 0.1) is 5.82 Å². The molecule has 31 heavy (non-hydrogen) atoms. The zero-order valence-corrected chi connectivity index (χ0v) is 18.7. The van der Waals surface area contributed by atoms with Gasteiger partial charge in [-0.15, -0.1) is 12.4 Å². The van der Waals surface area contributed by atoms with E-state index in [4.69, 9.17) is 21.1 Å². The minimum absolute atomic E-state index is 0. The van der Waals surface area contributed by atoms with E-state index in [0.717, 1.165) is 30.4 Å². The molecular weight excluding hydrogens is 444 g/mol. The van der Waals surface area contributed by atoms with Crippen LogP contribution in [0.1, 0.15) is 30.4 Å². The van der Waals surface area contributed by atoms with Crippen LogP contribution in [0.3, 0.4) is 0 Å². The molecule has 3 N–H and O–H groups in total. The van der Waals surface area contributed by atoms with Crippen LogP contribution in [-0.2, 0) is 13.2 Å². The first-order valence-electron chi connectivity index (χ1n) is 10.1. The molecule has 1 heterocycles. The smallest absolute Gasteiger partial charge is 0.315 e. The summed E-state index contributed by atoms with van der Waals surface area (Å²) in [4.78, 5) is 11.5. The summed E-state index contributed by atoms with van der Waals surface area (Å²) >= 11 is 6.47. The molecule has 2 aliphatic rings. The van der Waals surface area contributed by atoms with Gasteiger partial charge in [0.1, 0.15) is 12.4 Å². The van der Waals surface area contributed by atoms with E-state index in [9.17, 15) is 9.18 Å². The Hall–Kier alpha value is -2.22. The fraction of sp³-hybridized carbons (Fsp3) is 0.409. The van der Waals surface area contributed by atoms with Crippen LogP contribution in [0.2, 0.25) is 5.02 Å². The molecule has 4 rings (SSSR count). The van der Waals surface area contributed by atoms with Gasteiger partial charge in [-0.2, -0.15) is 0 Å². The molecule has 9 heteroatoms. The number of halogens is 3. The van der Waals surface area contributed by atoms with Gasteiger partial charge in [-0.1, -0.05) is 23.7 Å². The number of carbonyl (C=O) groups is 1. The number of methoxy groups -OCH3 is 1. The lowest BCUT2D eigenvalue weighted by atomic mass is 9.88. The second-order valence-corrected chi connectivity index (χ2v) is 8.15. The molecule has 3 atom stereocenters. The Morgan fingerprint density at radius 2 is 1.87 bits per heavy atom. The van der Waals surface area contributed by atoms with Crippen LogP contribution >= 0.6 is 24.0 Å². The van der Waals surface area contributed by atoms with Gasteiger partial charge in [0.2, 0.25) is 0 Å². The first-order chi connectivity index (χ1) is 14.5. The van der Waals surface area contributed by atoms with Crippen molar-refractivity contribution >= 4 is 30.0 Å². The molecule has 2 fully saturated rings. The Kier molecular flexibility index (Phi) is 7.86. The zero-order valence-electron chi connectivity index (χ0n) is 17.1. The summed E-state index contributed by atoms with van der Waals surface area (Å²) in [6, 6.07) is 10.6. The molecule has 2 amide bonds. The van der Waals surface area contributed by atoms with Gasteiger partial charge in [-0.3, -0.25) is 0 Å². The van der Waals surface area contributed by atoms with Gasteiger partial charge in [0.15, 0.2) is 11.5 Å². The summed E-state index contributed by atoms with van der Waals surface area (Å²) in [6.07, 6.45) is 2.86. The second-order valence-electron chi connectivity index (χ2n) is 7.75. The van der Waals surface area contributed by atoms with Crippen LogP contribution in [-0.4, -0.2) is 31.3 Å². The van der Waals surface area contributed by atoms with E-state index >= 15 is 0 Å². The van der Waals surface area contributed by atoms with Crippen LogP contribution in [0.15, 0.2) is 36.4 Å². The summed E-state index contributed by atoms with van der Waals surface area (Å²) in [7, 11) is 1.57. The first-order valence-corrected chi connectivity index (χ1v) is 10.4. The van der Waals surface area contributed by atoms with Crippen molar-refractivity contribution in [2.24, 2.45) is 0 Å². The molecule has 3 unspecified atom stereocenters. The normalized spacial score (nSPS) is 22.0. The standard InChI is InChI=1S/C22H25ClFN3O3.ClH/c1-29-20-9-14(11-25-16-6-7-18-19(10-16)27-22(28)26-18)8-17(23)21(20)30-12-13-2-4-15(24)5-3-13;/h2-5,8-9,16,18-19,25H,6-7,10-12H2,1H3,(H2,26,27,28);1H. The average molecular weight is 470 g/mol. The molecule has 2 aromatic carbocycles. The van der Waals surface area contributed by atoms with Crippen molar-refractivity contribution in [2.45, 2.75) is 50.5 Å². The topological polar surface area (TPSA) is 71.6 Å². The number of benzene rings is 2. The van der Waals surface area contributed by atoms with Crippen LogP contribution in [0.4, 0.5) is 9.18 Å². The highest BCUT2D eigenvalue weighted by Crippen LogP contribution is 2.37. The fourth-order valence-corrected chi connectivity index (χ4v) is 4.37. The molecule has 168 valence electrons. The van der Waals surface area contributed by atoms with Crippen LogP contribution in [0.25, 0.3) is 0 Å². The van der Waals surface area contributed by atoms with Crippen molar-refractivity contribution in [1.82, 2.24) is 16.0 Å². The Morgan fingerprint density at radius 1 is 1.13 bits per heavy atom. The van der Waals surface area contributed by atoms with Crippen LogP contribution in [0.5, 0.6) is 11.5 Å².